The molecule has 0 aliphatic rings. The molecule has 0 aliphatic heterocycles. The topological polar surface area (TPSA) is 24.7 Å². The van der Waals surface area contributed by atoms with Crippen molar-refractivity contribution in [2.24, 2.45) is 9.98 Å². The van der Waals surface area contributed by atoms with E-state index in [0.717, 1.165) is 33.6 Å². The Kier molecular flexibility index (Phi) is 6.51. The van der Waals surface area contributed by atoms with Gasteiger partial charge in [0.05, 0.1) is 11.4 Å². The first-order valence-electron chi connectivity index (χ1n) is 14.9. The Morgan fingerprint density at radius 3 is 0.977 bits per heavy atom. The Hall–Kier alpha value is -5.86. The number of hydrogen-bond acceptors (Lipinski definition) is 2. The summed E-state index contributed by atoms with van der Waals surface area (Å²) < 4.78 is 0. The highest BCUT2D eigenvalue weighted by Gasteiger charge is 2.11. The molecule has 0 heterocycles. The van der Waals surface area contributed by atoms with E-state index in [2.05, 4.69) is 146 Å². The van der Waals surface area contributed by atoms with Gasteiger partial charge in [-0.15, -0.1) is 0 Å². The third kappa shape index (κ3) is 4.63. The number of rotatable bonds is 5. The van der Waals surface area contributed by atoms with E-state index in [-0.39, 0.29) is 0 Å². The van der Waals surface area contributed by atoms with Crippen molar-refractivity contribution in [3.8, 4) is 11.1 Å². The number of benzene rings is 8. The van der Waals surface area contributed by atoms with E-state index in [1.165, 1.54) is 43.1 Å². The van der Waals surface area contributed by atoms with Crippen LogP contribution in [0.4, 0.5) is 11.4 Å². The van der Waals surface area contributed by atoms with Crippen LogP contribution in [0.15, 0.2) is 168 Å². The van der Waals surface area contributed by atoms with Crippen molar-refractivity contribution in [1.29, 1.82) is 0 Å². The summed E-state index contributed by atoms with van der Waals surface area (Å²) in [6, 6.07) is 55.3. The third-order valence-corrected chi connectivity index (χ3v) is 8.39. The van der Waals surface area contributed by atoms with Gasteiger partial charge in [-0.1, -0.05) is 133 Å². The molecule has 0 aliphatic carbocycles. The number of para-hydroxylation sites is 2. The molecule has 8 aromatic rings. The van der Waals surface area contributed by atoms with Crippen LogP contribution < -0.4 is 0 Å². The summed E-state index contributed by atoms with van der Waals surface area (Å²) in [6.07, 6.45) is 4.05. The maximum atomic E-state index is 5.12. The Morgan fingerprint density at radius 2 is 0.614 bits per heavy atom. The quantitative estimate of drug-likeness (QED) is 0.148. The third-order valence-electron chi connectivity index (χ3n) is 8.39. The molecule has 8 aromatic carbocycles. The first-order chi connectivity index (χ1) is 21.8. The number of nitrogens with zero attached hydrogens (tertiary/aromatic N) is 2. The van der Waals surface area contributed by atoms with Crippen molar-refractivity contribution in [2.75, 3.05) is 0 Å². The Balaban J connectivity index is 1.25. The standard InChI is InChI=1S/C42H28N2/c1-5-17-33-29(13-1)25-30-14-2-6-18-34(30)39(33)27-43-41-23-11-9-21-37(41)38-22-10-12-24-42(38)44-28-40-35-19-7-3-15-31(35)26-32-16-4-8-20-36(32)40/h1-28H. The molecule has 2 heteroatoms. The Bertz CT molecular complexity index is 2120. The summed E-state index contributed by atoms with van der Waals surface area (Å²) in [5.41, 5.74) is 6.16. The smallest absolute Gasteiger partial charge is 0.0709 e. The molecular formula is C42H28N2. The summed E-state index contributed by atoms with van der Waals surface area (Å²) in [5, 5.41) is 9.62. The van der Waals surface area contributed by atoms with Gasteiger partial charge in [0.2, 0.25) is 0 Å². The zero-order chi connectivity index (χ0) is 29.3. The fourth-order valence-electron chi connectivity index (χ4n) is 6.27. The van der Waals surface area contributed by atoms with Crippen molar-refractivity contribution in [3.05, 3.63) is 169 Å². The van der Waals surface area contributed by atoms with Gasteiger partial charge in [-0.2, -0.15) is 0 Å². The fraction of sp³-hybridized carbons (Fsp3) is 0. The molecule has 0 amide bonds. The second-order valence-corrected chi connectivity index (χ2v) is 11.0. The molecule has 0 unspecified atom stereocenters. The van der Waals surface area contributed by atoms with E-state index in [9.17, 15) is 0 Å². The SMILES string of the molecule is C(=Nc1ccccc1-c1ccccc1N=Cc1c2ccccc2cc2ccccc12)c1c2ccccc2cc2ccccc12. The van der Waals surface area contributed by atoms with E-state index in [0.29, 0.717) is 0 Å². The average Bonchev–Trinajstić information content (AvgIpc) is 3.09. The minimum absolute atomic E-state index is 0.905. The lowest BCUT2D eigenvalue weighted by atomic mass is 9.97. The van der Waals surface area contributed by atoms with Gasteiger partial charge in [-0.3, -0.25) is 9.98 Å². The van der Waals surface area contributed by atoms with Crippen LogP contribution in [0, 0.1) is 0 Å². The van der Waals surface area contributed by atoms with Crippen molar-refractivity contribution in [2.45, 2.75) is 0 Å². The summed E-state index contributed by atoms with van der Waals surface area (Å²) in [6.45, 7) is 0. The van der Waals surface area contributed by atoms with Gasteiger partial charge in [0.25, 0.3) is 0 Å². The predicted octanol–water partition coefficient (Wildman–Crippen LogP) is 11.5. The molecule has 8 rings (SSSR count). The monoisotopic (exact) mass is 560 g/mol. The van der Waals surface area contributed by atoms with Crippen molar-refractivity contribution in [1.82, 2.24) is 0 Å². The van der Waals surface area contributed by atoms with Crippen molar-refractivity contribution in [3.63, 3.8) is 0 Å². The van der Waals surface area contributed by atoms with Crippen molar-refractivity contribution < 1.29 is 0 Å². The van der Waals surface area contributed by atoms with Crippen LogP contribution in [0.5, 0.6) is 0 Å². The average molecular weight is 561 g/mol. The van der Waals surface area contributed by atoms with Gasteiger partial charge in [-0.05, 0) is 67.4 Å². The summed E-state index contributed by atoms with van der Waals surface area (Å²) in [5.74, 6) is 0. The Morgan fingerprint density at radius 1 is 0.318 bits per heavy atom. The first kappa shape index (κ1) is 25.8. The largest absolute Gasteiger partial charge is 0.256 e. The van der Waals surface area contributed by atoms with Gasteiger partial charge in [0.1, 0.15) is 0 Å². The summed E-state index contributed by atoms with van der Waals surface area (Å²) >= 11 is 0. The second-order valence-electron chi connectivity index (χ2n) is 11.0. The molecule has 0 aromatic heterocycles. The maximum absolute atomic E-state index is 5.12. The van der Waals surface area contributed by atoms with Crippen LogP contribution in [0.25, 0.3) is 54.2 Å². The van der Waals surface area contributed by atoms with Gasteiger partial charge in [0.15, 0.2) is 0 Å². The maximum Gasteiger partial charge on any atom is 0.0709 e. The number of fused-ring (bicyclic) bond motifs is 4. The van der Waals surface area contributed by atoms with E-state index < -0.39 is 0 Å². The van der Waals surface area contributed by atoms with Crippen LogP contribution in [0.2, 0.25) is 0 Å². The molecule has 0 spiro atoms. The number of aliphatic imine (C=N–C) groups is 2. The predicted molar refractivity (Wildman–Crippen MR) is 189 cm³/mol. The minimum Gasteiger partial charge on any atom is -0.256 e. The van der Waals surface area contributed by atoms with Crippen LogP contribution in [-0.4, -0.2) is 12.4 Å². The van der Waals surface area contributed by atoms with Crippen LogP contribution in [-0.2, 0) is 0 Å². The molecule has 0 bridgehead atoms. The second kappa shape index (κ2) is 11.1. The highest BCUT2D eigenvalue weighted by molar-refractivity contribution is 6.15. The lowest BCUT2D eigenvalue weighted by Gasteiger charge is -2.11. The van der Waals surface area contributed by atoms with E-state index in [1.54, 1.807) is 0 Å². The van der Waals surface area contributed by atoms with Crippen LogP contribution in [0.1, 0.15) is 11.1 Å². The number of hydrogen-bond donors (Lipinski definition) is 0. The van der Waals surface area contributed by atoms with Crippen molar-refractivity contribution >= 4 is 66.9 Å². The Labute approximate surface area is 256 Å². The van der Waals surface area contributed by atoms with Crippen LogP contribution in [0.3, 0.4) is 0 Å². The van der Waals surface area contributed by atoms with Crippen LogP contribution >= 0.6 is 0 Å². The van der Waals surface area contributed by atoms with E-state index >= 15 is 0 Å². The normalized spacial score (nSPS) is 11.9. The zero-order valence-corrected chi connectivity index (χ0v) is 24.1. The summed E-state index contributed by atoms with van der Waals surface area (Å²) in [7, 11) is 0. The molecular weight excluding hydrogens is 532 g/mol. The molecule has 0 atom stereocenters. The molecule has 0 radical (unpaired) electrons. The minimum atomic E-state index is 0.905. The van der Waals surface area contributed by atoms with Gasteiger partial charge >= 0.3 is 0 Å². The molecule has 206 valence electrons. The first-order valence-corrected chi connectivity index (χ1v) is 14.9. The molecule has 2 nitrogen and oxygen atoms in total. The molecule has 44 heavy (non-hydrogen) atoms. The zero-order valence-electron chi connectivity index (χ0n) is 24.1. The molecule has 0 saturated heterocycles. The molecule has 0 fully saturated rings. The highest BCUT2D eigenvalue weighted by Crippen LogP contribution is 2.37. The molecule has 0 saturated carbocycles. The van der Waals surface area contributed by atoms with Gasteiger partial charge in [0, 0.05) is 34.7 Å². The van der Waals surface area contributed by atoms with Gasteiger partial charge in [-0.25, -0.2) is 0 Å². The lowest BCUT2D eigenvalue weighted by Crippen LogP contribution is -1.89. The summed E-state index contributed by atoms with van der Waals surface area (Å²) in [4.78, 5) is 10.2. The van der Waals surface area contributed by atoms with E-state index in [1.807, 2.05) is 24.6 Å². The lowest BCUT2D eigenvalue weighted by molar-refractivity contribution is 1.48. The highest BCUT2D eigenvalue weighted by atomic mass is 14.7. The fourth-order valence-corrected chi connectivity index (χ4v) is 6.27. The van der Waals surface area contributed by atoms with E-state index in [4.69, 9.17) is 9.98 Å². The van der Waals surface area contributed by atoms with Gasteiger partial charge < -0.3 is 0 Å². The molecule has 0 N–H and O–H groups in total.